The van der Waals surface area contributed by atoms with E-state index in [2.05, 4.69) is 30.9 Å². The number of aliphatic hydroxyl groups is 1. The second-order valence-electron chi connectivity index (χ2n) is 8.65. The lowest BCUT2D eigenvalue weighted by Gasteiger charge is -2.18. The number of hydrogen-bond acceptors (Lipinski definition) is 6. The number of aryl methyl sites for hydroxylation is 2. The van der Waals surface area contributed by atoms with Gasteiger partial charge in [-0.1, -0.05) is 6.07 Å². The van der Waals surface area contributed by atoms with Gasteiger partial charge in [-0.15, -0.1) is 0 Å². The van der Waals surface area contributed by atoms with E-state index in [1.165, 1.54) is 18.3 Å². The summed E-state index contributed by atoms with van der Waals surface area (Å²) in [6, 6.07) is 11.7. The molecule has 0 atom stereocenters. The molecular weight excluding hydrogens is 515 g/mol. The lowest BCUT2D eigenvalue weighted by Crippen LogP contribution is -2.23. The Labute approximate surface area is 210 Å². The molecular formula is C26H24BrFN4O3. The highest BCUT2D eigenvalue weighted by atomic mass is 79.9. The van der Waals surface area contributed by atoms with E-state index in [-0.39, 0.29) is 22.3 Å². The van der Waals surface area contributed by atoms with Crippen molar-refractivity contribution >= 4 is 15.9 Å². The maximum atomic E-state index is 13.9. The Morgan fingerprint density at radius 3 is 2.60 bits per heavy atom. The molecule has 9 heteroatoms. The van der Waals surface area contributed by atoms with E-state index in [1.54, 1.807) is 61.9 Å². The van der Waals surface area contributed by atoms with Crippen molar-refractivity contribution < 1.29 is 14.2 Å². The third-order valence-electron chi connectivity index (χ3n) is 5.45. The van der Waals surface area contributed by atoms with Crippen LogP contribution in [0, 0.1) is 19.7 Å². The average Bonchev–Trinajstić information content (AvgIpc) is 2.82. The van der Waals surface area contributed by atoms with Crippen LogP contribution >= 0.6 is 15.9 Å². The van der Waals surface area contributed by atoms with Gasteiger partial charge in [0.15, 0.2) is 0 Å². The summed E-state index contributed by atoms with van der Waals surface area (Å²) in [5, 5.41) is 10.3. The first-order valence-electron chi connectivity index (χ1n) is 10.9. The molecule has 35 heavy (non-hydrogen) atoms. The van der Waals surface area contributed by atoms with Crippen LogP contribution in [0.1, 0.15) is 36.5 Å². The first kappa shape index (κ1) is 24.7. The van der Waals surface area contributed by atoms with Crippen LogP contribution in [0.4, 0.5) is 4.39 Å². The number of hydrogen-bond donors (Lipinski definition) is 1. The van der Waals surface area contributed by atoms with E-state index in [1.807, 2.05) is 6.92 Å². The maximum Gasteiger partial charge on any atom is 0.273 e. The van der Waals surface area contributed by atoms with Crippen LogP contribution in [0.3, 0.4) is 0 Å². The molecule has 0 unspecified atom stereocenters. The van der Waals surface area contributed by atoms with E-state index in [9.17, 15) is 14.3 Å². The Hall–Kier alpha value is -3.43. The quantitative estimate of drug-likeness (QED) is 0.371. The first-order chi connectivity index (χ1) is 16.6. The monoisotopic (exact) mass is 538 g/mol. The fraction of sp³-hybridized carbons (Fsp3) is 0.231. The molecule has 180 valence electrons. The van der Waals surface area contributed by atoms with Gasteiger partial charge in [0.25, 0.3) is 5.56 Å². The van der Waals surface area contributed by atoms with Gasteiger partial charge in [-0.3, -0.25) is 19.3 Å². The molecule has 0 aliphatic heterocycles. The van der Waals surface area contributed by atoms with Crippen LogP contribution in [-0.4, -0.2) is 24.6 Å². The average molecular weight is 539 g/mol. The summed E-state index contributed by atoms with van der Waals surface area (Å²) >= 11 is 3.35. The molecule has 0 saturated heterocycles. The normalized spacial score (nSPS) is 11.5. The Bertz CT molecular complexity index is 1460. The lowest BCUT2D eigenvalue weighted by molar-refractivity contribution is 0.0740. The van der Waals surface area contributed by atoms with Gasteiger partial charge >= 0.3 is 0 Å². The van der Waals surface area contributed by atoms with Crippen molar-refractivity contribution in [3.63, 3.8) is 0 Å². The van der Waals surface area contributed by atoms with E-state index in [0.29, 0.717) is 34.2 Å². The fourth-order valence-corrected chi connectivity index (χ4v) is 3.97. The highest BCUT2D eigenvalue weighted by Crippen LogP contribution is 2.28. The summed E-state index contributed by atoms with van der Waals surface area (Å²) in [4.78, 5) is 26.4. The maximum absolute atomic E-state index is 13.9. The smallest absolute Gasteiger partial charge is 0.273 e. The van der Waals surface area contributed by atoms with Crippen LogP contribution in [0.15, 0.2) is 64.1 Å². The molecule has 0 amide bonds. The third-order valence-corrected chi connectivity index (χ3v) is 6.18. The van der Waals surface area contributed by atoms with Crippen LogP contribution in [0.5, 0.6) is 5.75 Å². The largest absolute Gasteiger partial charge is 0.486 e. The molecule has 0 radical (unpaired) electrons. The Kier molecular flexibility index (Phi) is 6.82. The standard InChI is InChI=1S/C26H24BrFN4O3/c1-15-13-30-19(18-8-5-9-23(31-18)26(3,4)34)12-21(15)32-16(2)11-22(24(27)25(32)33)35-14-20-17(28)7-6-10-29-20/h5-13,34H,14H2,1-4H3. The molecule has 0 aliphatic rings. The minimum atomic E-state index is -1.10. The molecule has 0 bridgehead atoms. The molecule has 0 fully saturated rings. The van der Waals surface area contributed by atoms with E-state index < -0.39 is 11.4 Å². The number of pyridine rings is 4. The molecule has 4 aromatic rings. The van der Waals surface area contributed by atoms with Gasteiger partial charge in [-0.25, -0.2) is 9.37 Å². The minimum Gasteiger partial charge on any atom is -0.486 e. The second-order valence-corrected chi connectivity index (χ2v) is 9.44. The summed E-state index contributed by atoms with van der Waals surface area (Å²) in [6.07, 6.45) is 3.16. The molecule has 0 saturated carbocycles. The molecule has 0 aromatic carbocycles. The van der Waals surface area contributed by atoms with Gasteiger partial charge in [0.05, 0.1) is 22.8 Å². The van der Waals surface area contributed by atoms with Crippen molar-refractivity contribution in [2.75, 3.05) is 0 Å². The van der Waals surface area contributed by atoms with Crippen LogP contribution in [-0.2, 0) is 12.2 Å². The number of halogens is 2. The van der Waals surface area contributed by atoms with Gasteiger partial charge in [-0.2, -0.15) is 0 Å². The third kappa shape index (κ3) is 5.16. The van der Waals surface area contributed by atoms with Gasteiger partial charge in [0.2, 0.25) is 0 Å². The van der Waals surface area contributed by atoms with Crippen molar-refractivity contribution in [2.45, 2.75) is 39.9 Å². The molecule has 0 aliphatic carbocycles. The van der Waals surface area contributed by atoms with Gasteiger partial charge in [0, 0.05) is 24.2 Å². The summed E-state index contributed by atoms with van der Waals surface area (Å²) in [5.74, 6) is -0.184. The summed E-state index contributed by atoms with van der Waals surface area (Å²) < 4.78 is 21.4. The molecule has 4 heterocycles. The number of nitrogens with zero attached hydrogens (tertiary/aromatic N) is 4. The van der Waals surface area contributed by atoms with Crippen LogP contribution in [0.2, 0.25) is 0 Å². The Balaban J connectivity index is 1.73. The topological polar surface area (TPSA) is 90.1 Å². The van der Waals surface area contributed by atoms with Gasteiger partial charge < -0.3 is 9.84 Å². The molecule has 1 N–H and O–H groups in total. The number of rotatable bonds is 6. The van der Waals surface area contributed by atoms with Crippen molar-refractivity contribution in [3.8, 4) is 22.8 Å². The molecule has 4 rings (SSSR count). The lowest BCUT2D eigenvalue weighted by atomic mass is 10.0. The van der Waals surface area contributed by atoms with Crippen molar-refractivity contribution in [1.82, 2.24) is 19.5 Å². The zero-order chi connectivity index (χ0) is 25.3. The minimum absolute atomic E-state index is 0.115. The Morgan fingerprint density at radius 1 is 1.11 bits per heavy atom. The van der Waals surface area contributed by atoms with Crippen LogP contribution < -0.4 is 10.3 Å². The Morgan fingerprint density at radius 2 is 1.89 bits per heavy atom. The van der Waals surface area contributed by atoms with E-state index >= 15 is 0 Å². The SMILES string of the molecule is Cc1cnc(-c2cccc(C(C)(C)O)n2)cc1-n1c(C)cc(OCc2ncccc2F)c(Br)c1=O. The highest BCUT2D eigenvalue weighted by molar-refractivity contribution is 9.10. The predicted molar refractivity (Wildman–Crippen MR) is 134 cm³/mol. The number of ether oxygens (including phenoxy) is 1. The molecule has 4 aromatic heterocycles. The zero-order valence-electron chi connectivity index (χ0n) is 19.7. The summed E-state index contributed by atoms with van der Waals surface area (Å²) in [5.41, 5.74) is 2.41. The van der Waals surface area contributed by atoms with Gasteiger partial charge in [-0.05, 0) is 79.5 Å². The molecule has 0 spiro atoms. The van der Waals surface area contributed by atoms with Crippen molar-refractivity contribution in [1.29, 1.82) is 0 Å². The van der Waals surface area contributed by atoms with Crippen molar-refractivity contribution in [3.05, 3.63) is 98.1 Å². The van der Waals surface area contributed by atoms with Crippen LogP contribution in [0.25, 0.3) is 17.1 Å². The fourth-order valence-electron chi connectivity index (χ4n) is 3.57. The number of aromatic nitrogens is 4. The first-order valence-corrected chi connectivity index (χ1v) is 11.7. The predicted octanol–water partition coefficient (Wildman–Crippen LogP) is 5.01. The summed E-state index contributed by atoms with van der Waals surface area (Å²) in [7, 11) is 0. The molecule has 7 nitrogen and oxygen atoms in total. The second kappa shape index (κ2) is 9.67. The summed E-state index contributed by atoms with van der Waals surface area (Å²) in [6.45, 7) is 6.87. The highest BCUT2D eigenvalue weighted by Gasteiger charge is 2.20. The van der Waals surface area contributed by atoms with Gasteiger partial charge in [0.1, 0.15) is 33.9 Å². The zero-order valence-corrected chi connectivity index (χ0v) is 21.3. The van der Waals surface area contributed by atoms with Crippen molar-refractivity contribution in [2.24, 2.45) is 0 Å². The van der Waals surface area contributed by atoms with E-state index in [0.717, 1.165) is 5.56 Å². The van der Waals surface area contributed by atoms with E-state index in [4.69, 9.17) is 4.74 Å².